The normalized spacial score (nSPS) is 10.3. The van der Waals surface area contributed by atoms with Gasteiger partial charge < -0.3 is 0 Å². The Morgan fingerprint density at radius 1 is 1.23 bits per heavy atom. The monoisotopic (exact) mass is 229 g/mol. The van der Waals surface area contributed by atoms with E-state index in [-0.39, 0.29) is 0 Å². The zero-order valence-corrected chi connectivity index (χ0v) is 8.83. The van der Waals surface area contributed by atoms with E-state index in [1.165, 1.54) is 0 Å². The largest absolute Gasteiger partial charge is 0.252 e. The van der Waals surface area contributed by atoms with Crippen LogP contribution in [-0.2, 0) is 0 Å². The van der Waals surface area contributed by atoms with Gasteiger partial charge in [-0.05, 0) is 18.2 Å². The van der Waals surface area contributed by atoms with Gasteiger partial charge in [-0.2, -0.15) is 0 Å². The highest BCUT2D eigenvalue weighted by Crippen LogP contribution is 2.32. The van der Waals surface area contributed by atoms with Crippen LogP contribution in [-0.4, -0.2) is 4.98 Å². The second-order valence-corrected chi connectivity index (χ2v) is 4.22. The zero-order valence-electron chi connectivity index (χ0n) is 6.50. The van der Waals surface area contributed by atoms with Crippen molar-refractivity contribution >= 4 is 34.5 Å². The van der Waals surface area contributed by atoms with Crippen LogP contribution in [0.15, 0.2) is 29.9 Å². The minimum atomic E-state index is 0.688. The van der Waals surface area contributed by atoms with E-state index in [1.54, 1.807) is 35.2 Å². The van der Waals surface area contributed by atoms with Gasteiger partial charge in [0.2, 0.25) is 0 Å². The lowest BCUT2D eigenvalue weighted by atomic mass is 10.2. The van der Waals surface area contributed by atoms with E-state index in [0.717, 1.165) is 10.4 Å². The zero-order chi connectivity index (χ0) is 9.26. The summed E-state index contributed by atoms with van der Waals surface area (Å²) in [7, 11) is 0. The van der Waals surface area contributed by atoms with Crippen molar-refractivity contribution < 1.29 is 0 Å². The molecule has 2 aromatic rings. The Balaban J connectivity index is 2.57. The minimum absolute atomic E-state index is 0.688. The second-order valence-electron chi connectivity index (χ2n) is 2.49. The van der Waals surface area contributed by atoms with Crippen LogP contribution in [0.2, 0.25) is 10.0 Å². The Hall–Kier alpha value is -0.570. The molecular formula is C9H5Cl2NS. The predicted octanol–water partition coefficient (Wildman–Crippen LogP) is 4.12. The summed E-state index contributed by atoms with van der Waals surface area (Å²) >= 11 is 13.4. The molecule has 0 amide bonds. The molecule has 0 saturated carbocycles. The van der Waals surface area contributed by atoms with Gasteiger partial charge in [0.15, 0.2) is 0 Å². The third-order valence-corrected chi connectivity index (χ3v) is 3.00. The van der Waals surface area contributed by atoms with Gasteiger partial charge in [-0.1, -0.05) is 23.2 Å². The van der Waals surface area contributed by atoms with Crippen LogP contribution in [0.4, 0.5) is 0 Å². The standard InChI is InChI=1S/C9H5Cl2NS/c10-6-1-2-8(11)7(3-6)9-4-12-5-13-9/h1-5H. The number of halogens is 2. The first-order valence-corrected chi connectivity index (χ1v) is 5.25. The van der Waals surface area contributed by atoms with Crippen molar-refractivity contribution in [1.29, 1.82) is 0 Å². The average molecular weight is 230 g/mol. The first-order chi connectivity index (χ1) is 6.27. The first kappa shape index (κ1) is 9.00. The van der Waals surface area contributed by atoms with E-state index >= 15 is 0 Å². The lowest BCUT2D eigenvalue weighted by molar-refractivity contribution is 1.42. The molecule has 0 aliphatic rings. The Morgan fingerprint density at radius 2 is 2.08 bits per heavy atom. The number of aromatic nitrogens is 1. The van der Waals surface area contributed by atoms with Gasteiger partial charge in [-0.15, -0.1) is 11.3 Å². The molecule has 1 aromatic carbocycles. The summed E-state index contributed by atoms with van der Waals surface area (Å²) in [5.41, 5.74) is 2.71. The van der Waals surface area contributed by atoms with E-state index in [4.69, 9.17) is 23.2 Å². The van der Waals surface area contributed by atoms with Crippen molar-refractivity contribution in [2.24, 2.45) is 0 Å². The van der Waals surface area contributed by atoms with Crippen LogP contribution in [0.1, 0.15) is 0 Å². The number of benzene rings is 1. The Kier molecular flexibility index (Phi) is 2.54. The van der Waals surface area contributed by atoms with Crippen molar-refractivity contribution in [3.8, 4) is 10.4 Å². The molecular weight excluding hydrogens is 225 g/mol. The molecule has 1 nitrogen and oxygen atoms in total. The molecule has 1 aromatic heterocycles. The third-order valence-electron chi connectivity index (χ3n) is 1.63. The fourth-order valence-corrected chi connectivity index (χ4v) is 2.14. The number of thiazole rings is 1. The molecule has 0 aliphatic heterocycles. The van der Waals surface area contributed by atoms with E-state index in [2.05, 4.69) is 4.98 Å². The number of hydrogen-bond acceptors (Lipinski definition) is 2. The van der Waals surface area contributed by atoms with Gasteiger partial charge in [-0.3, -0.25) is 4.98 Å². The molecule has 13 heavy (non-hydrogen) atoms. The number of hydrogen-bond donors (Lipinski definition) is 0. The lowest BCUT2D eigenvalue weighted by Gasteiger charge is -2.00. The Bertz CT molecular complexity index is 412. The number of nitrogens with zero attached hydrogens (tertiary/aromatic N) is 1. The van der Waals surface area contributed by atoms with E-state index in [9.17, 15) is 0 Å². The summed E-state index contributed by atoms with van der Waals surface area (Å²) in [5.74, 6) is 0. The van der Waals surface area contributed by atoms with Gasteiger partial charge in [0, 0.05) is 21.8 Å². The highest BCUT2D eigenvalue weighted by Gasteiger charge is 2.04. The van der Waals surface area contributed by atoms with Crippen molar-refractivity contribution in [3.63, 3.8) is 0 Å². The topological polar surface area (TPSA) is 12.9 Å². The number of rotatable bonds is 1. The predicted molar refractivity (Wildman–Crippen MR) is 57.6 cm³/mol. The van der Waals surface area contributed by atoms with Crippen molar-refractivity contribution in [3.05, 3.63) is 40.0 Å². The molecule has 0 bridgehead atoms. The molecule has 0 N–H and O–H groups in total. The van der Waals surface area contributed by atoms with E-state index in [1.807, 2.05) is 6.07 Å². The van der Waals surface area contributed by atoms with E-state index in [0.29, 0.717) is 10.0 Å². The van der Waals surface area contributed by atoms with Crippen LogP contribution >= 0.6 is 34.5 Å². The van der Waals surface area contributed by atoms with Crippen LogP contribution in [0.5, 0.6) is 0 Å². The fraction of sp³-hybridized carbons (Fsp3) is 0. The molecule has 0 aliphatic carbocycles. The summed E-state index contributed by atoms with van der Waals surface area (Å²) in [6, 6.07) is 5.41. The molecule has 0 spiro atoms. The minimum Gasteiger partial charge on any atom is -0.252 e. The third kappa shape index (κ3) is 1.85. The molecule has 0 unspecified atom stereocenters. The Labute approximate surface area is 90.0 Å². The summed E-state index contributed by atoms with van der Waals surface area (Å²) in [5, 5.41) is 1.39. The highest BCUT2D eigenvalue weighted by atomic mass is 35.5. The molecule has 4 heteroatoms. The van der Waals surface area contributed by atoms with Gasteiger partial charge >= 0.3 is 0 Å². The summed E-state index contributed by atoms with van der Waals surface area (Å²) in [4.78, 5) is 5.02. The summed E-state index contributed by atoms with van der Waals surface area (Å²) < 4.78 is 0. The smallest absolute Gasteiger partial charge is 0.0797 e. The van der Waals surface area contributed by atoms with Crippen LogP contribution in [0, 0.1) is 0 Å². The molecule has 0 radical (unpaired) electrons. The molecule has 66 valence electrons. The van der Waals surface area contributed by atoms with Crippen LogP contribution in [0.3, 0.4) is 0 Å². The van der Waals surface area contributed by atoms with Crippen molar-refractivity contribution in [2.75, 3.05) is 0 Å². The van der Waals surface area contributed by atoms with Crippen molar-refractivity contribution in [1.82, 2.24) is 4.98 Å². The molecule has 1 heterocycles. The maximum absolute atomic E-state index is 6.01. The molecule has 0 atom stereocenters. The highest BCUT2D eigenvalue weighted by molar-refractivity contribution is 7.13. The van der Waals surface area contributed by atoms with Crippen LogP contribution in [0.25, 0.3) is 10.4 Å². The Morgan fingerprint density at radius 3 is 2.77 bits per heavy atom. The SMILES string of the molecule is Clc1ccc(Cl)c(-c2cncs2)c1. The summed E-state index contributed by atoms with van der Waals surface area (Å²) in [6.07, 6.45) is 1.78. The van der Waals surface area contributed by atoms with Crippen LogP contribution < -0.4 is 0 Å². The summed E-state index contributed by atoms with van der Waals surface area (Å²) in [6.45, 7) is 0. The molecule has 0 fully saturated rings. The molecule has 0 saturated heterocycles. The maximum Gasteiger partial charge on any atom is 0.0797 e. The fourth-order valence-electron chi connectivity index (χ4n) is 1.04. The van der Waals surface area contributed by atoms with Crippen molar-refractivity contribution in [2.45, 2.75) is 0 Å². The average Bonchev–Trinajstić information content (AvgIpc) is 2.61. The maximum atomic E-state index is 6.01. The quantitative estimate of drug-likeness (QED) is 0.718. The van der Waals surface area contributed by atoms with Gasteiger partial charge in [0.1, 0.15) is 0 Å². The second kappa shape index (κ2) is 3.66. The van der Waals surface area contributed by atoms with Gasteiger partial charge in [-0.25, -0.2) is 0 Å². The van der Waals surface area contributed by atoms with E-state index < -0.39 is 0 Å². The van der Waals surface area contributed by atoms with Gasteiger partial charge in [0.25, 0.3) is 0 Å². The lowest BCUT2D eigenvalue weighted by Crippen LogP contribution is -1.74. The first-order valence-electron chi connectivity index (χ1n) is 3.61. The van der Waals surface area contributed by atoms with Gasteiger partial charge in [0.05, 0.1) is 10.4 Å². The molecule has 2 rings (SSSR count).